The lowest BCUT2D eigenvalue weighted by Crippen LogP contribution is -2.36. The average molecular weight is 383 g/mol. The number of aromatic nitrogens is 2. The molecule has 0 fully saturated rings. The van der Waals surface area contributed by atoms with Crippen LogP contribution in [0.5, 0.6) is 0 Å². The molecule has 2 aromatic rings. The molecule has 1 aliphatic heterocycles. The van der Waals surface area contributed by atoms with Gasteiger partial charge in [0.25, 0.3) is 0 Å². The van der Waals surface area contributed by atoms with E-state index >= 15 is 0 Å². The number of aromatic amines is 1. The third-order valence-corrected chi connectivity index (χ3v) is 3.25. The van der Waals surface area contributed by atoms with Gasteiger partial charge in [0.15, 0.2) is 5.96 Å². The molecule has 6 heteroatoms. The Morgan fingerprint density at radius 1 is 1.30 bits per heavy atom. The number of halogens is 1. The van der Waals surface area contributed by atoms with Gasteiger partial charge in [-0.15, -0.1) is 24.0 Å². The Labute approximate surface area is 135 Å². The lowest BCUT2D eigenvalue weighted by Gasteiger charge is -2.20. The number of aliphatic imine (C=N–C) groups is 1. The smallest absolute Gasteiger partial charge is 0.194 e. The van der Waals surface area contributed by atoms with Crippen molar-refractivity contribution in [3.63, 3.8) is 0 Å². The van der Waals surface area contributed by atoms with Gasteiger partial charge in [-0.1, -0.05) is 30.3 Å². The van der Waals surface area contributed by atoms with Gasteiger partial charge in [-0.2, -0.15) is 0 Å². The van der Waals surface area contributed by atoms with Crippen LogP contribution in [0.15, 0.2) is 47.8 Å². The first-order valence-electron chi connectivity index (χ1n) is 6.37. The van der Waals surface area contributed by atoms with Gasteiger partial charge in [-0.3, -0.25) is 4.99 Å². The van der Waals surface area contributed by atoms with Crippen molar-refractivity contribution < 1.29 is 0 Å². The SMILES string of the molecule is CN(Cc1cnc[nH]1)C1=NCC(c2ccccc2)N1.I. The maximum Gasteiger partial charge on any atom is 0.194 e. The first-order valence-corrected chi connectivity index (χ1v) is 6.37. The van der Waals surface area contributed by atoms with E-state index in [2.05, 4.69) is 49.4 Å². The van der Waals surface area contributed by atoms with Crippen molar-refractivity contribution in [2.75, 3.05) is 13.6 Å². The largest absolute Gasteiger partial charge is 0.348 e. The molecule has 1 aromatic heterocycles. The highest BCUT2D eigenvalue weighted by Crippen LogP contribution is 2.17. The fourth-order valence-electron chi connectivity index (χ4n) is 2.23. The minimum Gasteiger partial charge on any atom is -0.348 e. The van der Waals surface area contributed by atoms with Crippen molar-refractivity contribution >= 4 is 29.9 Å². The summed E-state index contributed by atoms with van der Waals surface area (Å²) in [5, 5.41) is 3.46. The monoisotopic (exact) mass is 383 g/mol. The molecule has 1 atom stereocenters. The summed E-state index contributed by atoms with van der Waals surface area (Å²) in [6.07, 6.45) is 3.53. The molecule has 20 heavy (non-hydrogen) atoms. The average Bonchev–Trinajstić information content (AvgIpc) is 3.10. The molecule has 0 amide bonds. The Bertz CT molecular complexity index is 552. The van der Waals surface area contributed by atoms with E-state index in [1.54, 1.807) is 6.33 Å². The second kappa shape index (κ2) is 6.74. The van der Waals surface area contributed by atoms with Crippen LogP contribution in [0.4, 0.5) is 0 Å². The summed E-state index contributed by atoms with van der Waals surface area (Å²) in [6.45, 7) is 1.56. The Morgan fingerprint density at radius 2 is 2.10 bits per heavy atom. The standard InChI is InChI=1S/C14H17N5.HI/c1-19(9-12-7-15-10-17-12)14-16-8-13(18-14)11-5-3-2-4-6-11;/h2-7,10,13H,8-9H2,1H3,(H,15,17)(H,16,18);1H. The maximum atomic E-state index is 4.57. The van der Waals surface area contributed by atoms with Gasteiger partial charge >= 0.3 is 0 Å². The third kappa shape index (κ3) is 3.30. The summed E-state index contributed by atoms with van der Waals surface area (Å²) >= 11 is 0. The molecule has 0 radical (unpaired) electrons. The van der Waals surface area contributed by atoms with Gasteiger partial charge in [-0.25, -0.2) is 4.98 Å². The van der Waals surface area contributed by atoms with Crippen LogP contribution in [-0.2, 0) is 6.54 Å². The third-order valence-electron chi connectivity index (χ3n) is 3.25. The Kier molecular flexibility index (Phi) is 4.99. The van der Waals surface area contributed by atoms with Crippen LogP contribution in [0, 0.1) is 0 Å². The summed E-state index contributed by atoms with van der Waals surface area (Å²) in [5.74, 6) is 0.934. The normalized spacial score (nSPS) is 17.1. The van der Waals surface area contributed by atoms with Gasteiger partial charge in [0.1, 0.15) is 0 Å². The van der Waals surface area contributed by atoms with Crippen molar-refractivity contribution in [3.8, 4) is 0 Å². The van der Waals surface area contributed by atoms with E-state index in [1.165, 1.54) is 5.56 Å². The topological polar surface area (TPSA) is 56.3 Å². The van der Waals surface area contributed by atoms with Crippen LogP contribution in [0.25, 0.3) is 0 Å². The highest BCUT2D eigenvalue weighted by Gasteiger charge is 2.21. The van der Waals surface area contributed by atoms with E-state index < -0.39 is 0 Å². The van der Waals surface area contributed by atoms with Gasteiger partial charge in [0.05, 0.1) is 31.2 Å². The van der Waals surface area contributed by atoms with Crippen molar-refractivity contribution in [2.24, 2.45) is 4.99 Å². The van der Waals surface area contributed by atoms with E-state index in [0.717, 1.165) is 24.7 Å². The fraction of sp³-hybridized carbons (Fsp3) is 0.286. The van der Waals surface area contributed by atoms with Crippen molar-refractivity contribution in [3.05, 3.63) is 54.1 Å². The van der Waals surface area contributed by atoms with Gasteiger partial charge < -0.3 is 15.2 Å². The fourth-order valence-corrected chi connectivity index (χ4v) is 2.23. The van der Waals surface area contributed by atoms with Crippen LogP contribution < -0.4 is 5.32 Å². The molecule has 0 aliphatic carbocycles. The molecule has 106 valence electrons. The van der Waals surface area contributed by atoms with Crippen molar-refractivity contribution in [2.45, 2.75) is 12.6 Å². The molecular formula is C14H18IN5. The predicted octanol–water partition coefficient (Wildman–Crippen LogP) is 2.16. The lowest BCUT2D eigenvalue weighted by atomic mass is 10.1. The quantitative estimate of drug-likeness (QED) is 0.799. The number of benzene rings is 1. The molecule has 1 aromatic carbocycles. The number of imidazole rings is 1. The summed E-state index contributed by atoms with van der Waals surface area (Å²) in [5.41, 5.74) is 2.35. The Morgan fingerprint density at radius 3 is 2.80 bits per heavy atom. The number of H-pyrrole nitrogens is 1. The van der Waals surface area contributed by atoms with E-state index in [9.17, 15) is 0 Å². The minimum absolute atomic E-state index is 0. The molecule has 0 saturated carbocycles. The molecule has 2 N–H and O–H groups in total. The molecular weight excluding hydrogens is 365 g/mol. The number of hydrogen-bond acceptors (Lipinski definition) is 4. The number of nitrogens with zero attached hydrogens (tertiary/aromatic N) is 3. The summed E-state index contributed by atoms with van der Waals surface area (Å²) < 4.78 is 0. The maximum absolute atomic E-state index is 4.57. The zero-order chi connectivity index (χ0) is 13.1. The van der Waals surface area contributed by atoms with Gasteiger partial charge in [0, 0.05) is 13.2 Å². The van der Waals surface area contributed by atoms with Gasteiger partial charge in [-0.05, 0) is 5.56 Å². The zero-order valence-electron chi connectivity index (χ0n) is 11.3. The molecule has 0 bridgehead atoms. The lowest BCUT2D eigenvalue weighted by molar-refractivity contribution is 0.474. The molecule has 2 heterocycles. The first-order chi connectivity index (χ1) is 9.33. The molecule has 0 saturated heterocycles. The van der Waals surface area contributed by atoms with Crippen molar-refractivity contribution in [1.29, 1.82) is 0 Å². The number of nitrogens with one attached hydrogen (secondary N) is 2. The molecule has 0 spiro atoms. The molecule has 5 nitrogen and oxygen atoms in total. The molecule has 1 aliphatic rings. The second-order valence-corrected chi connectivity index (χ2v) is 4.70. The summed E-state index contributed by atoms with van der Waals surface area (Å²) in [6, 6.07) is 10.7. The zero-order valence-corrected chi connectivity index (χ0v) is 13.6. The number of rotatable bonds is 3. The van der Waals surface area contributed by atoms with Crippen LogP contribution in [-0.4, -0.2) is 34.4 Å². The van der Waals surface area contributed by atoms with Crippen molar-refractivity contribution in [1.82, 2.24) is 20.2 Å². The Hall–Kier alpha value is -1.57. The van der Waals surface area contributed by atoms with Crippen LogP contribution in [0.1, 0.15) is 17.3 Å². The highest BCUT2D eigenvalue weighted by atomic mass is 127. The predicted molar refractivity (Wildman–Crippen MR) is 90.1 cm³/mol. The summed E-state index contributed by atoms with van der Waals surface area (Å²) in [4.78, 5) is 13.8. The van der Waals surface area contributed by atoms with E-state index in [4.69, 9.17) is 0 Å². The second-order valence-electron chi connectivity index (χ2n) is 4.70. The van der Waals surface area contributed by atoms with E-state index in [0.29, 0.717) is 0 Å². The number of hydrogen-bond donors (Lipinski definition) is 2. The van der Waals surface area contributed by atoms with E-state index in [1.807, 2.05) is 19.3 Å². The van der Waals surface area contributed by atoms with Crippen LogP contribution in [0.3, 0.4) is 0 Å². The van der Waals surface area contributed by atoms with Gasteiger partial charge in [0.2, 0.25) is 0 Å². The number of guanidine groups is 1. The molecule has 3 rings (SSSR count). The Balaban J connectivity index is 0.00000147. The highest BCUT2D eigenvalue weighted by molar-refractivity contribution is 14.0. The van der Waals surface area contributed by atoms with E-state index in [-0.39, 0.29) is 30.0 Å². The molecule has 1 unspecified atom stereocenters. The first kappa shape index (κ1) is 14.8. The van der Waals surface area contributed by atoms with Crippen LogP contribution >= 0.6 is 24.0 Å². The summed E-state index contributed by atoms with van der Waals surface area (Å²) in [7, 11) is 2.03. The van der Waals surface area contributed by atoms with Crippen LogP contribution in [0.2, 0.25) is 0 Å². The minimum atomic E-state index is 0.